The summed E-state index contributed by atoms with van der Waals surface area (Å²) in [6, 6.07) is 10.7. The van der Waals surface area contributed by atoms with Gasteiger partial charge in [-0.05, 0) is 85.2 Å². The molecule has 4 bridgehead atoms. The van der Waals surface area contributed by atoms with Gasteiger partial charge in [0.1, 0.15) is 11.6 Å². The molecule has 1 aromatic heterocycles. The van der Waals surface area contributed by atoms with Gasteiger partial charge in [-0.15, -0.1) is 0 Å². The van der Waals surface area contributed by atoms with E-state index in [0.717, 1.165) is 23.1 Å². The summed E-state index contributed by atoms with van der Waals surface area (Å²) in [4.78, 5) is 30.4. The fraction of sp³-hybridized carbons (Fsp3) is 0.387. The largest absolute Gasteiger partial charge is 0.493 e. The number of aromatic nitrogens is 1. The number of halogens is 1. The van der Waals surface area contributed by atoms with Crippen LogP contribution in [0.3, 0.4) is 0 Å². The Kier molecular flexibility index (Phi) is 10.2. The molecule has 2 amide bonds. The molecule has 0 saturated heterocycles. The molecule has 1 aliphatic heterocycles. The van der Waals surface area contributed by atoms with E-state index >= 15 is 0 Å². The number of benzene rings is 2. The minimum absolute atomic E-state index is 0.175. The number of pyridine rings is 1. The lowest BCUT2D eigenvalue weighted by Crippen LogP contribution is -2.48. The van der Waals surface area contributed by atoms with Crippen LogP contribution in [0.5, 0.6) is 5.75 Å². The zero-order valence-corrected chi connectivity index (χ0v) is 23.0. The number of hydrogen-bond acceptors (Lipinski definition) is 6. The highest BCUT2D eigenvalue weighted by molar-refractivity contribution is 6.00. The number of aliphatic hydroxyl groups excluding tert-OH is 1. The maximum Gasteiger partial charge on any atom is 0.251 e. The molecule has 3 aromatic rings. The average molecular weight is 549 g/mol. The highest BCUT2D eigenvalue weighted by Gasteiger charge is 2.24. The van der Waals surface area contributed by atoms with Crippen molar-refractivity contribution in [1.82, 2.24) is 20.9 Å². The fourth-order valence-electron chi connectivity index (χ4n) is 4.72. The molecule has 212 valence electrons. The lowest BCUT2D eigenvalue weighted by Gasteiger charge is -2.25. The van der Waals surface area contributed by atoms with E-state index in [-0.39, 0.29) is 18.9 Å². The molecule has 0 saturated carbocycles. The van der Waals surface area contributed by atoms with Gasteiger partial charge in [0.15, 0.2) is 0 Å². The molecule has 0 aliphatic carbocycles. The van der Waals surface area contributed by atoms with E-state index in [1.807, 2.05) is 13.1 Å². The predicted molar refractivity (Wildman–Crippen MR) is 151 cm³/mol. The van der Waals surface area contributed by atoms with E-state index in [0.29, 0.717) is 55.0 Å². The van der Waals surface area contributed by atoms with Crippen LogP contribution in [0.15, 0.2) is 54.9 Å². The molecule has 2 atom stereocenters. The van der Waals surface area contributed by atoms with E-state index in [2.05, 4.69) is 33.9 Å². The van der Waals surface area contributed by atoms with Crippen LogP contribution in [0.1, 0.15) is 62.7 Å². The lowest BCUT2D eigenvalue weighted by atomic mass is 9.99. The quantitative estimate of drug-likeness (QED) is 0.375. The minimum atomic E-state index is -0.992. The van der Waals surface area contributed by atoms with Crippen LogP contribution < -0.4 is 20.7 Å². The van der Waals surface area contributed by atoms with E-state index < -0.39 is 23.9 Å². The Balaban J connectivity index is 1.57. The summed E-state index contributed by atoms with van der Waals surface area (Å²) in [6.45, 7) is 5.38. The zero-order valence-electron chi connectivity index (χ0n) is 23.0. The molecule has 0 fully saturated rings. The molecule has 40 heavy (non-hydrogen) atoms. The van der Waals surface area contributed by atoms with Crippen LogP contribution in [0.2, 0.25) is 0 Å². The Bertz CT molecular complexity index is 1330. The summed E-state index contributed by atoms with van der Waals surface area (Å²) in [6.07, 6.45) is 5.02. The zero-order chi connectivity index (χ0) is 28.5. The summed E-state index contributed by atoms with van der Waals surface area (Å²) in [5.41, 5.74) is 4.16. The predicted octanol–water partition coefficient (Wildman–Crippen LogP) is 3.49. The maximum atomic E-state index is 14.5. The Labute approximate surface area is 234 Å². The first-order valence-corrected chi connectivity index (χ1v) is 13.8. The van der Waals surface area contributed by atoms with Gasteiger partial charge in [-0.3, -0.25) is 14.6 Å². The van der Waals surface area contributed by atoms with Gasteiger partial charge >= 0.3 is 0 Å². The smallest absolute Gasteiger partial charge is 0.251 e. The molecular weight excluding hydrogens is 511 g/mol. The van der Waals surface area contributed by atoms with Gasteiger partial charge in [-0.1, -0.05) is 13.0 Å². The molecule has 8 nitrogen and oxygen atoms in total. The molecular formula is C31H37FN4O4. The topological polar surface area (TPSA) is 113 Å². The number of aliphatic hydroxyl groups is 1. The molecule has 2 heterocycles. The number of carbonyl (C=O) groups is 2. The van der Waals surface area contributed by atoms with Gasteiger partial charge in [0, 0.05) is 49.2 Å². The Morgan fingerprint density at radius 1 is 1.05 bits per heavy atom. The number of amides is 2. The van der Waals surface area contributed by atoms with Gasteiger partial charge in [0.25, 0.3) is 11.8 Å². The standard InChI is InChI=1S/C31H37FN4O4/c1-3-21-10-23(17-33-16-21)18-34-19-29(37)28-13-22-11-26(32)15-27(12-22)40-7-5-4-6-35-30(38)24-8-20(2)9-25(14-24)31(39)36-28/h8-12,14-17,28-29,34,37H,3-7,13,18-19H2,1-2H3,(H,35,38)(H,36,39)/t28-,29+/m0/s1. The normalized spacial score (nSPS) is 17.2. The van der Waals surface area contributed by atoms with Crippen LogP contribution in [-0.2, 0) is 19.4 Å². The first-order valence-electron chi connectivity index (χ1n) is 13.8. The van der Waals surface area contributed by atoms with E-state index in [1.54, 1.807) is 30.5 Å². The maximum absolute atomic E-state index is 14.5. The minimum Gasteiger partial charge on any atom is -0.493 e. The number of carbonyl (C=O) groups excluding carboxylic acids is 2. The molecule has 1 aliphatic rings. The second kappa shape index (κ2) is 14.0. The third-order valence-corrected chi connectivity index (χ3v) is 6.84. The SMILES string of the molecule is CCc1cncc(CNC[C@@H](O)[C@@H]2Cc3cc(F)cc(c3)OCCCCNC(=O)c3cc(C)cc(c3)C(=O)N2)c1. The number of nitrogens with one attached hydrogen (secondary N) is 3. The van der Waals surface area contributed by atoms with Crippen molar-refractivity contribution in [2.45, 2.75) is 58.2 Å². The highest BCUT2D eigenvalue weighted by Crippen LogP contribution is 2.20. The lowest BCUT2D eigenvalue weighted by molar-refractivity contribution is 0.0829. The van der Waals surface area contributed by atoms with Gasteiger partial charge in [-0.25, -0.2) is 4.39 Å². The van der Waals surface area contributed by atoms with Gasteiger partial charge < -0.3 is 25.8 Å². The highest BCUT2D eigenvalue weighted by atomic mass is 19.1. The van der Waals surface area contributed by atoms with Gasteiger partial charge in [0.05, 0.1) is 18.8 Å². The van der Waals surface area contributed by atoms with Gasteiger partial charge in [-0.2, -0.15) is 0 Å². The van der Waals surface area contributed by atoms with Crippen molar-refractivity contribution < 1.29 is 23.8 Å². The third kappa shape index (κ3) is 8.34. The Hall–Kier alpha value is -3.82. The molecule has 0 unspecified atom stereocenters. The molecule has 4 rings (SSSR count). The van der Waals surface area contributed by atoms with Crippen molar-refractivity contribution in [3.05, 3.63) is 94.1 Å². The number of aryl methyl sites for hydroxylation is 2. The van der Waals surface area contributed by atoms with Crippen molar-refractivity contribution >= 4 is 11.8 Å². The summed E-state index contributed by atoms with van der Waals surface area (Å²) in [7, 11) is 0. The van der Waals surface area contributed by atoms with Crippen LogP contribution in [-0.4, -0.2) is 53.7 Å². The molecule has 0 spiro atoms. The summed E-state index contributed by atoms with van der Waals surface area (Å²) in [5.74, 6) is -0.772. The second-order valence-corrected chi connectivity index (χ2v) is 10.2. The van der Waals surface area contributed by atoms with Gasteiger partial charge in [0.2, 0.25) is 0 Å². The van der Waals surface area contributed by atoms with Crippen molar-refractivity contribution in [2.24, 2.45) is 0 Å². The summed E-state index contributed by atoms with van der Waals surface area (Å²) in [5, 5.41) is 20.2. The van der Waals surface area contributed by atoms with Crippen LogP contribution >= 0.6 is 0 Å². The Morgan fingerprint density at radius 3 is 2.62 bits per heavy atom. The van der Waals surface area contributed by atoms with Crippen LogP contribution in [0, 0.1) is 12.7 Å². The van der Waals surface area contributed by atoms with Crippen molar-refractivity contribution in [2.75, 3.05) is 19.7 Å². The number of fused-ring (bicyclic) bond motifs is 4. The number of hydrogen-bond donors (Lipinski definition) is 4. The van der Waals surface area contributed by atoms with Crippen LogP contribution in [0.4, 0.5) is 4.39 Å². The van der Waals surface area contributed by atoms with E-state index in [9.17, 15) is 19.1 Å². The number of rotatable bonds is 6. The van der Waals surface area contributed by atoms with Crippen molar-refractivity contribution in [1.29, 1.82) is 0 Å². The monoisotopic (exact) mass is 548 g/mol. The first kappa shape index (κ1) is 29.2. The second-order valence-electron chi connectivity index (χ2n) is 10.2. The molecule has 4 N–H and O–H groups in total. The summed E-state index contributed by atoms with van der Waals surface area (Å²) >= 11 is 0. The first-order chi connectivity index (χ1) is 19.3. The van der Waals surface area contributed by atoms with Crippen molar-refractivity contribution in [3.63, 3.8) is 0 Å². The average Bonchev–Trinajstić information content (AvgIpc) is 2.93. The summed E-state index contributed by atoms with van der Waals surface area (Å²) < 4.78 is 20.2. The third-order valence-electron chi connectivity index (χ3n) is 6.84. The molecule has 9 heteroatoms. The Morgan fingerprint density at radius 2 is 1.82 bits per heavy atom. The number of ether oxygens (including phenoxy) is 1. The fourth-order valence-corrected chi connectivity index (χ4v) is 4.72. The molecule has 2 aromatic carbocycles. The van der Waals surface area contributed by atoms with Crippen LogP contribution in [0.25, 0.3) is 0 Å². The molecule has 0 radical (unpaired) electrons. The van der Waals surface area contributed by atoms with Crippen molar-refractivity contribution in [3.8, 4) is 5.75 Å². The number of nitrogens with zero attached hydrogens (tertiary/aromatic N) is 1. The van der Waals surface area contributed by atoms with E-state index in [1.165, 1.54) is 12.1 Å². The van der Waals surface area contributed by atoms with E-state index in [4.69, 9.17) is 4.74 Å².